The van der Waals surface area contributed by atoms with Crippen LogP contribution in [0, 0.1) is 0 Å². The summed E-state index contributed by atoms with van der Waals surface area (Å²) in [6.07, 6.45) is 2.19. The molecule has 2 aliphatic heterocycles. The Hall–Kier alpha value is -2.08. The first-order valence-electron chi connectivity index (χ1n) is 8.16. The number of benzene rings is 1. The van der Waals surface area contributed by atoms with Crippen molar-refractivity contribution in [3.8, 4) is 5.75 Å². The van der Waals surface area contributed by atoms with Crippen LogP contribution in [-0.2, 0) is 9.59 Å². The number of nitrogens with one attached hydrogen (secondary N) is 2. The molecule has 0 bridgehead atoms. The van der Waals surface area contributed by atoms with Crippen molar-refractivity contribution in [2.75, 3.05) is 25.0 Å². The molecule has 0 radical (unpaired) electrons. The van der Waals surface area contributed by atoms with Gasteiger partial charge in [-0.1, -0.05) is 6.07 Å². The van der Waals surface area contributed by atoms with E-state index in [-0.39, 0.29) is 30.5 Å². The summed E-state index contributed by atoms with van der Waals surface area (Å²) in [6, 6.07) is 5.48. The lowest BCUT2D eigenvalue weighted by Crippen LogP contribution is -2.44. The topological polar surface area (TPSA) is 70.7 Å². The number of hydrogen-bond acceptors (Lipinski definition) is 4. The SMILES string of the molecule is C[C@H](N[C@@H](C)c1ccc2c(c1)NC(=O)CO2)C(=O)N1CCCC1. The number of hydrogen-bond donors (Lipinski definition) is 2. The van der Waals surface area contributed by atoms with Gasteiger partial charge in [0, 0.05) is 19.1 Å². The Morgan fingerprint density at radius 1 is 1.30 bits per heavy atom. The summed E-state index contributed by atoms with van der Waals surface area (Å²) in [6.45, 7) is 5.70. The van der Waals surface area contributed by atoms with Crippen molar-refractivity contribution in [1.29, 1.82) is 0 Å². The molecule has 6 nitrogen and oxygen atoms in total. The first-order chi connectivity index (χ1) is 11.0. The summed E-state index contributed by atoms with van der Waals surface area (Å²) in [5.41, 5.74) is 1.70. The maximum Gasteiger partial charge on any atom is 0.262 e. The lowest BCUT2D eigenvalue weighted by molar-refractivity contribution is -0.132. The molecule has 2 amide bonds. The van der Waals surface area contributed by atoms with E-state index in [1.807, 2.05) is 36.9 Å². The van der Waals surface area contributed by atoms with Crippen LogP contribution in [0.4, 0.5) is 5.69 Å². The maximum atomic E-state index is 12.4. The Morgan fingerprint density at radius 2 is 2.04 bits per heavy atom. The highest BCUT2D eigenvalue weighted by molar-refractivity contribution is 5.95. The fourth-order valence-electron chi connectivity index (χ4n) is 3.12. The van der Waals surface area contributed by atoms with Crippen molar-refractivity contribution < 1.29 is 14.3 Å². The molecule has 0 saturated carbocycles. The van der Waals surface area contributed by atoms with Crippen LogP contribution in [-0.4, -0.2) is 42.5 Å². The Kier molecular flexibility index (Phi) is 4.52. The van der Waals surface area contributed by atoms with Gasteiger partial charge in [-0.25, -0.2) is 0 Å². The smallest absolute Gasteiger partial charge is 0.262 e. The molecule has 1 aromatic carbocycles. The monoisotopic (exact) mass is 317 g/mol. The van der Waals surface area contributed by atoms with Crippen LogP contribution in [0.3, 0.4) is 0 Å². The molecule has 2 atom stereocenters. The average Bonchev–Trinajstić information content (AvgIpc) is 3.07. The van der Waals surface area contributed by atoms with E-state index in [4.69, 9.17) is 4.74 Å². The average molecular weight is 317 g/mol. The molecule has 2 heterocycles. The number of amides is 2. The van der Waals surface area contributed by atoms with E-state index in [0.29, 0.717) is 11.4 Å². The second kappa shape index (κ2) is 6.58. The molecule has 124 valence electrons. The van der Waals surface area contributed by atoms with Crippen molar-refractivity contribution in [2.45, 2.75) is 38.8 Å². The third kappa shape index (κ3) is 3.47. The van der Waals surface area contributed by atoms with Crippen LogP contribution in [0.1, 0.15) is 38.3 Å². The molecular formula is C17H23N3O3. The van der Waals surface area contributed by atoms with Gasteiger partial charge in [0.1, 0.15) is 5.75 Å². The summed E-state index contributed by atoms with van der Waals surface area (Å²) in [5.74, 6) is 0.693. The van der Waals surface area contributed by atoms with Gasteiger partial charge < -0.3 is 15.0 Å². The highest BCUT2D eigenvalue weighted by Crippen LogP contribution is 2.30. The summed E-state index contributed by atoms with van der Waals surface area (Å²) >= 11 is 0. The van der Waals surface area contributed by atoms with Gasteiger partial charge >= 0.3 is 0 Å². The summed E-state index contributed by atoms with van der Waals surface area (Å²) in [4.78, 5) is 25.7. The largest absolute Gasteiger partial charge is 0.482 e. The molecule has 0 unspecified atom stereocenters. The van der Waals surface area contributed by atoms with Crippen LogP contribution >= 0.6 is 0 Å². The zero-order valence-corrected chi connectivity index (χ0v) is 13.6. The lowest BCUT2D eigenvalue weighted by atomic mass is 10.1. The van der Waals surface area contributed by atoms with E-state index in [9.17, 15) is 9.59 Å². The Balaban J connectivity index is 1.65. The van der Waals surface area contributed by atoms with Crippen LogP contribution in [0.25, 0.3) is 0 Å². The molecule has 2 N–H and O–H groups in total. The van der Waals surface area contributed by atoms with Crippen molar-refractivity contribution in [1.82, 2.24) is 10.2 Å². The first kappa shape index (κ1) is 15.8. The molecular weight excluding hydrogens is 294 g/mol. The van der Waals surface area contributed by atoms with Gasteiger partial charge in [0.05, 0.1) is 11.7 Å². The minimum atomic E-state index is -0.232. The summed E-state index contributed by atoms with van der Waals surface area (Å²) < 4.78 is 5.36. The fraction of sp³-hybridized carbons (Fsp3) is 0.529. The molecule has 1 saturated heterocycles. The quantitative estimate of drug-likeness (QED) is 0.886. The third-order valence-electron chi connectivity index (χ3n) is 4.42. The highest BCUT2D eigenvalue weighted by atomic mass is 16.5. The number of rotatable bonds is 4. The van der Waals surface area contributed by atoms with Gasteiger partial charge in [0.2, 0.25) is 5.91 Å². The second-order valence-electron chi connectivity index (χ2n) is 6.23. The van der Waals surface area contributed by atoms with E-state index >= 15 is 0 Å². The molecule has 6 heteroatoms. The standard InChI is InChI=1S/C17H23N3O3/c1-11(18-12(2)17(22)20-7-3-4-8-20)13-5-6-15-14(9-13)19-16(21)10-23-15/h5-6,9,11-12,18H,3-4,7-8,10H2,1-2H3,(H,19,21)/t11-,12-/m0/s1. The van der Waals surface area contributed by atoms with E-state index in [0.717, 1.165) is 31.5 Å². The molecule has 1 fully saturated rings. The lowest BCUT2D eigenvalue weighted by Gasteiger charge is -2.25. The molecule has 0 aromatic heterocycles. The number of anilines is 1. The Bertz CT molecular complexity index is 611. The third-order valence-corrected chi connectivity index (χ3v) is 4.42. The maximum absolute atomic E-state index is 12.4. The van der Waals surface area contributed by atoms with Crippen molar-refractivity contribution in [3.05, 3.63) is 23.8 Å². The van der Waals surface area contributed by atoms with Crippen LogP contribution in [0.15, 0.2) is 18.2 Å². The number of fused-ring (bicyclic) bond motifs is 1. The van der Waals surface area contributed by atoms with E-state index in [2.05, 4.69) is 10.6 Å². The van der Waals surface area contributed by atoms with Gasteiger partial charge in [-0.15, -0.1) is 0 Å². The fourth-order valence-corrected chi connectivity index (χ4v) is 3.12. The van der Waals surface area contributed by atoms with E-state index in [1.54, 1.807) is 0 Å². The molecule has 3 rings (SSSR count). The summed E-state index contributed by atoms with van der Waals surface area (Å²) in [7, 11) is 0. The number of carbonyl (C=O) groups is 2. The van der Waals surface area contributed by atoms with Crippen LogP contribution in [0.2, 0.25) is 0 Å². The second-order valence-corrected chi connectivity index (χ2v) is 6.23. The van der Waals surface area contributed by atoms with Gasteiger partial charge in [-0.3, -0.25) is 14.9 Å². The van der Waals surface area contributed by atoms with Gasteiger partial charge in [-0.05, 0) is 44.4 Å². The minimum absolute atomic E-state index is 0.000631. The van der Waals surface area contributed by atoms with Crippen LogP contribution in [0.5, 0.6) is 5.75 Å². The minimum Gasteiger partial charge on any atom is -0.482 e. The number of ether oxygens (including phenoxy) is 1. The molecule has 1 aromatic rings. The van der Waals surface area contributed by atoms with Gasteiger partial charge in [0.15, 0.2) is 6.61 Å². The predicted molar refractivity (Wildman–Crippen MR) is 87.4 cm³/mol. The molecule has 0 spiro atoms. The van der Waals surface area contributed by atoms with Crippen molar-refractivity contribution in [3.63, 3.8) is 0 Å². The first-order valence-corrected chi connectivity index (χ1v) is 8.16. The predicted octanol–water partition coefficient (Wildman–Crippen LogP) is 1.68. The normalized spacial score (nSPS) is 19.6. The Morgan fingerprint density at radius 3 is 2.78 bits per heavy atom. The Labute approximate surface area is 136 Å². The van der Waals surface area contributed by atoms with Crippen molar-refractivity contribution in [2.24, 2.45) is 0 Å². The molecule has 2 aliphatic rings. The zero-order valence-electron chi connectivity index (χ0n) is 13.6. The van der Waals surface area contributed by atoms with E-state index in [1.165, 1.54) is 0 Å². The number of likely N-dealkylation sites (tertiary alicyclic amines) is 1. The molecule has 0 aliphatic carbocycles. The van der Waals surface area contributed by atoms with Crippen LogP contribution < -0.4 is 15.4 Å². The number of carbonyl (C=O) groups excluding carboxylic acids is 2. The zero-order chi connectivity index (χ0) is 16.4. The highest BCUT2D eigenvalue weighted by Gasteiger charge is 2.25. The van der Waals surface area contributed by atoms with Gasteiger partial charge in [0.25, 0.3) is 5.91 Å². The summed E-state index contributed by atoms with van der Waals surface area (Å²) in [5, 5.41) is 6.16. The van der Waals surface area contributed by atoms with Crippen molar-refractivity contribution >= 4 is 17.5 Å². The van der Waals surface area contributed by atoms with Gasteiger partial charge in [-0.2, -0.15) is 0 Å². The van der Waals surface area contributed by atoms with E-state index < -0.39 is 0 Å². The number of nitrogens with zero attached hydrogens (tertiary/aromatic N) is 1. The molecule has 23 heavy (non-hydrogen) atoms.